The van der Waals surface area contributed by atoms with Crippen LogP contribution in [0.25, 0.3) is 32.8 Å². The third-order valence-electron chi connectivity index (χ3n) is 4.53. The molecule has 0 fully saturated rings. The minimum absolute atomic E-state index is 0.134. The Morgan fingerprint density at radius 2 is 1.48 bits per heavy atom. The van der Waals surface area contributed by atoms with E-state index in [9.17, 15) is 0 Å². The number of aromatic nitrogens is 1. The number of hydrogen-bond acceptors (Lipinski definition) is 0. The molecule has 1 N–H and O–H groups in total. The Hall–Kier alpha value is -2.54. The first-order valence-electron chi connectivity index (χ1n) is 8.14. The molecule has 1 nitrogen and oxygen atoms in total. The fourth-order valence-electron chi connectivity index (χ4n) is 3.16. The van der Waals surface area contributed by atoms with Crippen LogP contribution in [-0.2, 0) is 5.41 Å². The zero-order chi connectivity index (χ0) is 16.0. The largest absolute Gasteiger partial charge is 0.358 e. The van der Waals surface area contributed by atoms with Gasteiger partial charge in [0.05, 0.1) is 0 Å². The molecule has 23 heavy (non-hydrogen) atoms. The normalized spacial score (nSPS) is 12.1. The van der Waals surface area contributed by atoms with Gasteiger partial charge in [0.2, 0.25) is 0 Å². The molecule has 0 aliphatic rings. The molecule has 0 saturated heterocycles. The van der Waals surface area contributed by atoms with Crippen LogP contribution in [0.3, 0.4) is 0 Å². The molecule has 0 radical (unpaired) electrons. The van der Waals surface area contributed by atoms with E-state index in [0.29, 0.717) is 0 Å². The van der Waals surface area contributed by atoms with Gasteiger partial charge in [0.25, 0.3) is 0 Å². The zero-order valence-electron chi connectivity index (χ0n) is 13.9. The Morgan fingerprint density at radius 1 is 0.696 bits per heavy atom. The van der Waals surface area contributed by atoms with Crippen LogP contribution in [0.1, 0.15) is 26.5 Å². The highest BCUT2D eigenvalue weighted by Crippen LogP contribution is 2.32. The zero-order valence-corrected chi connectivity index (χ0v) is 13.9. The van der Waals surface area contributed by atoms with Crippen molar-refractivity contribution in [2.75, 3.05) is 0 Å². The number of nitrogens with one attached hydrogen (secondary N) is 1. The van der Waals surface area contributed by atoms with E-state index in [1.807, 2.05) is 0 Å². The molecule has 1 heterocycles. The van der Waals surface area contributed by atoms with Crippen molar-refractivity contribution < 1.29 is 0 Å². The van der Waals surface area contributed by atoms with Crippen LogP contribution < -0.4 is 0 Å². The molecule has 4 aromatic rings. The molecule has 0 aliphatic heterocycles. The van der Waals surface area contributed by atoms with E-state index in [2.05, 4.69) is 92.5 Å². The first-order valence-corrected chi connectivity index (χ1v) is 8.14. The van der Waals surface area contributed by atoms with Crippen LogP contribution >= 0.6 is 0 Å². The van der Waals surface area contributed by atoms with E-state index in [1.165, 1.54) is 38.5 Å². The minimum Gasteiger partial charge on any atom is -0.358 e. The van der Waals surface area contributed by atoms with Gasteiger partial charge < -0.3 is 4.98 Å². The maximum Gasteiger partial charge on any atom is 0.0462 e. The van der Waals surface area contributed by atoms with Crippen LogP contribution in [0.5, 0.6) is 0 Å². The number of hydrogen-bond donors (Lipinski definition) is 1. The van der Waals surface area contributed by atoms with Crippen molar-refractivity contribution >= 4 is 21.7 Å². The summed E-state index contributed by atoms with van der Waals surface area (Å²) in [5.74, 6) is 0. The fourth-order valence-corrected chi connectivity index (χ4v) is 3.16. The summed E-state index contributed by atoms with van der Waals surface area (Å²) in [7, 11) is 0. The number of H-pyrrole nitrogens is 1. The molecule has 0 amide bonds. The number of aromatic amines is 1. The Balaban J connectivity index is 1.92. The second-order valence-electron chi connectivity index (χ2n) is 7.26. The van der Waals surface area contributed by atoms with Crippen LogP contribution in [0.2, 0.25) is 0 Å². The lowest BCUT2D eigenvalue weighted by molar-refractivity contribution is 0.574. The van der Waals surface area contributed by atoms with Crippen molar-refractivity contribution in [3.05, 3.63) is 72.4 Å². The van der Waals surface area contributed by atoms with E-state index >= 15 is 0 Å². The van der Waals surface area contributed by atoms with Crippen LogP contribution in [0, 0.1) is 0 Å². The molecule has 3 aromatic carbocycles. The van der Waals surface area contributed by atoms with Gasteiger partial charge in [0, 0.05) is 22.0 Å². The fraction of sp³-hybridized carbons (Fsp3) is 0.182. The molecule has 4 rings (SSSR count). The van der Waals surface area contributed by atoms with Gasteiger partial charge in [0.1, 0.15) is 0 Å². The van der Waals surface area contributed by atoms with E-state index in [1.54, 1.807) is 0 Å². The van der Waals surface area contributed by atoms with Crippen LogP contribution in [-0.4, -0.2) is 4.98 Å². The third-order valence-corrected chi connectivity index (χ3v) is 4.53. The smallest absolute Gasteiger partial charge is 0.0462 e. The summed E-state index contributed by atoms with van der Waals surface area (Å²) in [6.07, 6.45) is 0. The predicted octanol–water partition coefficient (Wildman–Crippen LogP) is 6.29. The van der Waals surface area contributed by atoms with Gasteiger partial charge in [-0.15, -0.1) is 0 Å². The summed E-state index contributed by atoms with van der Waals surface area (Å²) in [6.45, 7) is 6.73. The second-order valence-corrected chi connectivity index (χ2v) is 7.26. The molecular weight excluding hydrogens is 278 g/mol. The van der Waals surface area contributed by atoms with Crippen molar-refractivity contribution in [3.63, 3.8) is 0 Å². The molecular formula is C22H21N. The molecule has 0 unspecified atom stereocenters. The lowest BCUT2D eigenvalue weighted by atomic mass is 9.92. The standard InChI is InChI=1S/C22H21N/c1-22(2,3)21-14-19-18-11-9-16(15-7-5-4-6-8-15)13-17(18)10-12-20(19)23-21/h4-14,23H,1-3H3. The average Bonchev–Trinajstić information content (AvgIpc) is 3.00. The number of benzene rings is 3. The van der Waals surface area contributed by atoms with Crippen LogP contribution in [0.4, 0.5) is 0 Å². The summed E-state index contributed by atoms with van der Waals surface area (Å²) in [6, 6.07) is 24.0. The van der Waals surface area contributed by atoms with Crippen molar-refractivity contribution in [3.8, 4) is 11.1 Å². The van der Waals surface area contributed by atoms with Crippen molar-refractivity contribution in [2.45, 2.75) is 26.2 Å². The molecule has 114 valence electrons. The maximum absolute atomic E-state index is 3.57. The minimum atomic E-state index is 0.134. The van der Waals surface area contributed by atoms with Gasteiger partial charge in [-0.05, 0) is 40.1 Å². The average molecular weight is 299 g/mol. The first-order chi connectivity index (χ1) is 11.0. The number of rotatable bonds is 1. The second kappa shape index (κ2) is 4.99. The van der Waals surface area contributed by atoms with Crippen LogP contribution in [0.15, 0.2) is 66.7 Å². The lowest BCUT2D eigenvalue weighted by Gasteiger charge is -2.15. The van der Waals surface area contributed by atoms with Gasteiger partial charge in [0.15, 0.2) is 0 Å². The molecule has 0 bridgehead atoms. The monoisotopic (exact) mass is 299 g/mol. The third kappa shape index (κ3) is 2.43. The van der Waals surface area contributed by atoms with Gasteiger partial charge in [-0.2, -0.15) is 0 Å². The highest BCUT2D eigenvalue weighted by Gasteiger charge is 2.17. The van der Waals surface area contributed by atoms with Crippen molar-refractivity contribution in [1.29, 1.82) is 0 Å². The maximum atomic E-state index is 3.57. The quantitative estimate of drug-likeness (QED) is 0.425. The van der Waals surface area contributed by atoms with E-state index < -0.39 is 0 Å². The van der Waals surface area contributed by atoms with Gasteiger partial charge in [-0.1, -0.05) is 69.3 Å². The van der Waals surface area contributed by atoms with E-state index in [4.69, 9.17) is 0 Å². The SMILES string of the molecule is CC(C)(C)c1cc2c(ccc3cc(-c4ccccc4)ccc32)[nH]1. The van der Waals surface area contributed by atoms with Crippen molar-refractivity contribution in [2.24, 2.45) is 0 Å². The van der Waals surface area contributed by atoms with E-state index in [-0.39, 0.29) is 5.41 Å². The van der Waals surface area contributed by atoms with Gasteiger partial charge in [-0.25, -0.2) is 0 Å². The molecule has 0 spiro atoms. The summed E-state index contributed by atoms with van der Waals surface area (Å²) in [5.41, 5.74) is 5.17. The number of fused-ring (bicyclic) bond motifs is 3. The predicted molar refractivity (Wildman–Crippen MR) is 99.9 cm³/mol. The Labute approximate surface area is 137 Å². The Kier molecular flexibility index (Phi) is 3.05. The summed E-state index contributed by atoms with van der Waals surface area (Å²) >= 11 is 0. The van der Waals surface area contributed by atoms with Crippen molar-refractivity contribution in [1.82, 2.24) is 4.98 Å². The molecule has 1 heteroatoms. The van der Waals surface area contributed by atoms with Gasteiger partial charge in [-0.3, -0.25) is 0 Å². The highest BCUT2D eigenvalue weighted by molar-refractivity contribution is 6.07. The molecule has 0 aliphatic carbocycles. The van der Waals surface area contributed by atoms with Gasteiger partial charge >= 0.3 is 0 Å². The summed E-state index contributed by atoms with van der Waals surface area (Å²) in [4.78, 5) is 3.57. The first kappa shape index (κ1) is 14.1. The van der Waals surface area contributed by atoms with E-state index in [0.717, 1.165) is 0 Å². The topological polar surface area (TPSA) is 15.8 Å². The Morgan fingerprint density at radius 3 is 2.22 bits per heavy atom. The molecule has 1 aromatic heterocycles. The molecule has 0 saturated carbocycles. The Bertz CT molecular complexity index is 985. The highest BCUT2D eigenvalue weighted by atomic mass is 14.7. The summed E-state index contributed by atoms with van der Waals surface area (Å²) < 4.78 is 0. The molecule has 0 atom stereocenters. The lowest BCUT2D eigenvalue weighted by Crippen LogP contribution is -2.10. The summed E-state index contributed by atoms with van der Waals surface area (Å²) in [5, 5.41) is 3.92.